The number of benzene rings is 1. The molecule has 1 aliphatic rings. The molecule has 2 rings (SSSR count). The maximum Gasteiger partial charge on any atom is 0.319 e. The fraction of sp³-hybridized carbons (Fsp3) is 0.533. The lowest BCUT2D eigenvalue weighted by Gasteiger charge is -2.29. The lowest BCUT2D eigenvalue weighted by atomic mass is 9.99. The van der Waals surface area contributed by atoms with Gasteiger partial charge in [0.1, 0.15) is 6.73 Å². The van der Waals surface area contributed by atoms with Gasteiger partial charge in [-0.25, -0.2) is 4.79 Å². The van der Waals surface area contributed by atoms with Crippen LogP contribution in [-0.4, -0.2) is 45.0 Å². The molecule has 2 amide bonds. The molecule has 0 aromatic heterocycles. The van der Waals surface area contributed by atoms with Crippen LogP contribution in [0.3, 0.4) is 0 Å². The molecule has 6 heteroatoms. The summed E-state index contributed by atoms with van der Waals surface area (Å²) in [6.45, 7) is 3.96. The molecule has 1 aromatic rings. The molecular weight excluding hydrogens is 272 g/mol. The number of fused-ring (bicyclic) bond motifs is 1. The van der Waals surface area contributed by atoms with Crippen LogP contribution in [-0.2, 0) is 17.7 Å². The second kappa shape index (κ2) is 7.17. The minimum atomic E-state index is -0.108. The van der Waals surface area contributed by atoms with Gasteiger partial charge < -0.3 is 24.4 Å². The van der Waals surface area contributed by atoms with Crippen LogP contribution in [0.2, 0.25) is 0 Å². The first kappa shape index (κ1) is 15.4. The number of hydrogen-bond acceptors (Lipinski definition) is 4. The molecule has 1 aliphatic heterocycles. The van der Waals surface area contributed by atoms with E-state index in [9.17, 15) is 4.79 Å². The van der Waals surface area contributed by atoms with Crippen LogP contribution in [0.4, 0.5) is 4.79 Å². The van der Waals surface area contributed by atoms with E-state index < -0.39 is 0 Å². The Bertz CT molecular complexity index is 505. The van der Waals surface area contributed by atoms with Crippen molar-refractivity contribution in [1.82, 2.24) is 10.2 Å². The first-order valence-electron chi connectivity index (χ1n) is 7.03. The van der Waals surface area contributed by atoms with E-state index in [1.807, 2.05) is 19.1 Å². The first-order chi connectivity index (χ1) is 10.2. The quantitative estimate of drug-likeness (QED) is 0.664. The fourth-order valence-electron chi connectivity index (χ4n) is 2.38. The Hall–Kier alpha value is -1.95. The molecule has 1 heterocycles. The van der Waals surface area contributed by atoms with Gasteiger partial charge in [0.25, 0.3) is 0 Å². The average Bonchev–Trinajstić information content (AvgIpc) is 2.52. The Balaban J connectivity index is 2.07. The van der Waals surface area contributed by atoms with Gasteiger partial charge in [-0.15, -0.1) is 0 Å². The zero-order valence-electron chi connectivity index (χ0n) is 12.8. The van der Waals surface area contributed by atoms with E-state index in [1.54, 1.807) is 19.1 Å². The molecule has 0 saturated heterocycles. The van der Waals surface area contributed by atoms with Gasteiger partial charge in [-0.1, -0.05) is 0 Å². The predicted octanol–water partition coefficient (Wildman–Crippen LogP) is 1.77. The van der Waals surface area contributed by atoms with Crippen LogP contribution in [0.25, 0.3) is 0 Å². The van der Waals surface area contributed by atoms with Crippen LogP contribution in [0.1, 0.15) is 18.1 Å². The van der Waals surface area contributed by atoms with Crippen molar-refractivity contribution in [2.24, 2.45) is 0 Å². The van der Waals surface area contributed by atoms with Gasteiger partial charge in [0.2, 0.25) is 0 Å². The summed E-state index contributed by atoms with van der Waals surface area (Å²) in [6.07, 6.45) is 0.803. The zero-order chi connectivity index (χ0) is 15.2. The number of carbonyl (C=O) groups excluding carboxylic acids is 1. The third kappa shape index (κ3) is 3.58. The third-order valence-corrected chi connectivity index (χ3v) is 3.53. The monoisotopic (exact) mass is 294 g/mol. The summed E-state index contributed by atoms with van der Waals surface area (Å²) in [5.41, 5.74) is 2.28. The van der Waals surface area contributed by atoms with Crippen molar-refractivity contribution in [1.29, 1.82) is 0 Å². The van der Waals surface area contributed by atoms with Gasteiger partial charge in [0, 0.05) is 19.7 Å². The largest absolute Gasteiger partial charge is 0.493 e. The van der Waals surface area contributed by atoms with Gasteiger partial charge in [0.05, 0.1) is 14.2 Å². The van der Waals surface area contributed by atoms with Crippen molar-refractivity contribution in [2.75, 3.05) is 34.1 Å². The lowest BCUT2D eigenvalue weighted by Crippen LogP contribution is -2.43. The van der Waals surface area contributed by atoms with E-state index in [4.69, 9.17) is 14.2 Å². The minimum Gasteiger partial charge on any atom is -0.493 e. The molecule has 0 radical (unpaired) electrons. The zero-order valence-corrected chi connectivity index (χ0v) is 12.8. The van der Waals surface area contributed by atoms with Crippen LogP contribution in [0.15, 0.2) is 12.1 Å². The summed E-state index contributed by atoms with van der Waals surface area (Å²) in [5.74, 6) is 1.42. The summed E-state index contributed by atoms with van der Waals surface area (Å²) >= 11 is 0. The smallest absolute Gasteiger partial charge is 0.319 e. The Labute approximate surface area is 125 Å². The number of hydrogen-bond donors (Lipinski definition) is 1. The second-order valence-corrected chi connectivity index (χ2v) is 4.77. The van der Waals surface area contributed by atoms with E-state index in [2.05, 4.69) is 5.32 Å². The van der Waals surface area contributed by atoms with Crippen molar-refractivity contribution >= 4 is 6.03 Å². The van der Waals surface area contributed by atoms with Crippen molar-refractivity contribution in [3.8, 4) is 11.5 Å². The number of methoxy groups -OCH3 is 2. The molecule has 0 saturated carbocycles. The van der Waals surface area contributed by atoms with Gasteiger partial charge in [0.15, 0.2) is 11.5 Å². The highest BCUT2D eigenvalue weighted by molar-refractivity contribution is 5.74. The lowest BCUT2D eigenvalue weighted by molar-refractivity contribution is 0.121. The standard InChI is InChI=1S/C15H22N2O4/c1-4-21-10-16-15(18)17-6-5-11-7-13(19-2)14(20-3)8-12(11)9-17/h7-8H,4-6,9-10H2,1-3H3,(H,16,18). The molecule has 1 aromatic carbocycles. The molecule has 21 heavy (non-hydrogen) atoms. The van der Waals surface area contributed by atoms with Crippen LogP contribution >= 0.6 is 0 Å². The second-order valence-electron chi connectivity index (χ2n) is 4.77. The highest BCUT2D eigenvalue weighted by Crippen LogP contribution is 2.33. The number of amides is 2. The molecule has 0 unspecified atom stereocenters. The first-order valence-corrected chi connectivity index (χ1v) is 7.03. The van der Waals surface area contributed by atoms with Crippen molar-refractivity contribution in [2.45, 2.75) is 19.9 Å². The van der Waals surface area contributed by atoms with Gasteiger partial charge in [-0.2, -0.15) is 0 Å². The molecule has 0 fully saturated rings. The minimum absolute atomic E-state index is 0.108. The number of ether oxygens (including phenoxy) is 3. The molecule has 116 valence electrons. The summed E-state index contributed by atoms with van der Waals surface area (Å²) in [5, 5.41) is 2.74. The number of urea groups is 1. The number of rotatable bonds is 5. The van der Waals surface area contributed by atoms with Crippen LogP contribution in [0.5, 0.6) is 11.5 Å². The van der Waals surface area contributed by atoms with Gasteiger partial charge >= 0.3 is 6.03 Å². The number of nitrogens with one attached hydrogen (secondary N) is 1. The molecule has 1 N–H and O–H groups in total. The normalized spacial score (nSPS) is 13.6. The molecule has 0 spiro atoms. The molecule has 6 nitrogen and oxygen atoms in total. The van der Waals surface area contributed by atoms with Crippen molar-refractivity contribution < 1.29 is 19.0 Å². The molecular formula is C15H22N2O4. The maximum absolute atomic E-state index is 12.0. The molecule has 0 atom stereocenters. The van der Waals surface area contributed by atoms with E-state index in [-0.39, 0.29) is 12.8 Å². The molecule has 0 bridgehead atoms. The summed E-state index contributed by atoms with van der Waals surface area (Å²) in [6, 6.07) is 3.82. The topological polar surface area (TPSA) is 60.0 Å². The SMILES string of the molecule is CCOCNC(=O)N1CCc2cc(OC)c(OC)cc2C1. The van der Waals surface area contributed by atoms with E-state index in [1.165, 1.54) is 5.56 Å². The number of nitrogens with zero attached hydrogens (tertiary/aromatic N) is 1. The maximum atomic E-state index is 12.0. The van der Waals surface area contributed by atoms with E-state index in [0.717, 1.165) is 17.7 Å². The Morgan fingerprint density at radius 1 is 1.24 bits per heavy atom. The van der Waals surface area contributed by atoms with Crippen molar-refractivity contribution in [3.63, 3.8) is 0 Å². The Kier molecular flexibility index (Phi) is 5.27. The summed E-state index contributed by atoms with van der Waals surface area (Å²) < 4.78 is 15.8. The Morgan fingerprint density at radius 2 is 1.90 bits per heavy atom. The van der Waals surface area contributed by atoms with Crippen molar-refractivity contribution in [3.05, 3.63) is 23.3 Å². The van der Waals surface area contributed by atoms with Crippen LogP contribution < -0.4 is 14.8 Å². The average molecular weight is 294 g/mol. The predicted molar refractivity (Wildman–Crippen MR) is 78.7 cm³/mol. The Morgan fingerprint density at radius 3 is 2.52 bits per heavy atom. The third-order valence-electron chi connectivity index (χ3n) is 3.53. The van der Waals surface area contributed by atoms with Crippen LogP contribution in [0, 0.1) is 0 Å². The van der Waals surface area contributed by atoms with E-state index in [0.29, 0.717) is 25.4 Å². The highest BCUT2D eigenvalue weighted by Gasteiger charge is 2.22. The van der Waals surface area contributed by atoms with Gasteiger partial charge in [-0.05, 0) is 36.6 Å². The summed E-state index contributed by atoms with van der Waals surface area (Å²) in [7, 11) is 3.24. The highest BCUT2D eigenvalue weighted by atomic mass is 16.5. The number of carbonyl (C=O) groups is 1. The molecule has 0 aliphatic carbocycles. The van der Waals surface area contributed by atoms with E-state index >= 15 is 0 Å². The van der Waals surface area contributed by atoms with Gasteiger partial charge in [-0.3, -0.25) is 0 Å². The summed E-state index contributed by atoms with van der Waals surface area (Å²) in [4.78, 5) is 13.8. The fourth-order valence-corrected chi connectivity index (χ4v) is 2.38.